The Balaban J connectivity index is 1.80. The molecule has 0 radical (unpaired) electrons. The summed E-state index contributed by atoms with van der Waals surface area (Å²) in [7, 11) is 0. The molecule has 0 aliphatic carbocycles. The molecule has 0 amide bonds. The lowest BCUT2D eigenvalue weighted by atomic mass is 9.93. The van der Waals surface area contributed by atoms with Crippen LogP contribution in [-0.4, -0.2) is 53.9 Å². The molecular weight excluding hydrogens is 514 g/mol. The van der Waals surface area contributed by atoms with Crippen LogP contribution in [-0.2, 0) is 11.2 Å². The topological polar surface area (TPSA) is 186 Å². The number of carbonyl (C=O) groups is 1. The summed E-state index contributed by atoms with van der Waals surface area (Å²) in [6.45, 7) is 2.90. The first-order chi connectivity index (χ1) is 17.8. The molecule has 4 rings (SSSR count). The molecule has 0 aromatic heterocycles. The van der Waals surface area contributed by atoms with Crippen LogP contribution in [0.25, 0.3) is 0 Å². The summed E-state index contributed by atoms with van der Waals surface area (Å²) in [5, 5.41) is 69.5. The largest absolute Gasteiger partial charge is 0.508 e. The average Bonchev–Trinajstić information content (AvgIpc) is 2.83. The van der Waals surface area contributed by atoms with Crippen molar-refractivity contribution in [2.24, 2.45) is 0 Å². The number of hydrogen-bond acceptors (Lipinski definition) is 11. The van der Waals surface area contributed by atoms with Crippen molar-refractivity contribution in [3.63, 3.8) is 0 Å². The van der Waals surface area contributed by atoms with E-state index < -0.39 is 81.7 Å². The van der Waals surface area contributed by atoms with Crippen LogP contribution in [0.15, 0.2) is 24.3 Å². The van der Waals surface area contributed by atoms with Gasteiger partial charge in [0.25, 0.3) is 0 Å². The number of rotatable bonds is 5. The third-order valence-corrected chi connectivity index (χ3v) is 5.69. The van der Waals surface area contributed by atoms with Crippen LogP contribution in [0.4, 0.5) is 8.78 Å². The molecule has 1 aliphatic rings. The molecule has 11 nitrogen and oxygen atoms in total. The van der Waals surface area contributed by atoms with Gasteiger partial charge in [-0.1, -0.05) is 0 Å². The maximum Gasteiger partial charge on any atom is 0.344 e. The summed E-state index contributed by atoms with van der Waals surface area (Å²) in [6.07, 6.45) is -3.99. The number of esters is 1. The van der Waals surface area contributed by atoms with Gasteiger partial charge in [-0.15, -0.1) is 0 Å². The predicted octanol–water partition coefficient (Wildman–Crippen LogP) is 3.59. The first kappa shape index (κ1) is 26.3. The zero-order chi connectivity index (χ0) is 28.0. The van der Waals surface area contributed by atoms with Gasteiger partial charge in [-0.2, -0.15) is 0 Å². The van der Waals surface area contributed by atoms with Gasteiger partial charge in [0.05, 0.1) is 6.10 Å². The van der Waals surface area contributed by atoms with E-state index in [1.165, 1.54) is 13.8 Å². The van der Waals surface area contributed by atoms with Crippen LogP contribution in [0.3, 0.4) is 0 Å². The maximum absolute atomic E-state index is 15.1. The number of aromatic hydroxyl groups is 7. The molecule has 3 aromatic rings. The van der Waals surface area contributed by atoms with E-state index in [4.69, 9.17) is 14.2 Å². The van der Waals surface area contributed by atoms with E-state index in [1.54, 1.807) is 0 Å². The normalized spacial score (nSPS) is 16.6. The Hall–Kier alpha value is -4.81. The minimum absolute atomic E-state index is 0.0439. The number of fused-ring (bicyclic) bond motifs is 1. The second-order valence-corrected chi connectivity index (χ2v) is 8.73. The Morgan fingerprint density at radius 2 is 1.53 bits per heavy atom. The van der Waals surface area contributed by atoms with Gasteiger partial charge in [0, 0.05) is 29.7 Å². The molecule has 1 heterocycles. The molecule has 13 heteroatoms. The second kappa shape index (κ2) is 9.57. The third-order valence-electron chi connectivity index (χ3n) is 5.69. The zero-order valence-corrected chi connectivity index (χ0v) is 19.8. The van der Waals surface area contributed by atoms with Crippen molar-refractivity contribution in [3.8, 4) is 51.7 Å². The lowest BCUT2D eigenvalue weighted by Gasteiger charge is -2.34. The van der Waals surface area contributed by atoms with Gasteiger partial charge in [-0.3, -0.25) is 0 Å². The minimum Gasteiger partial charge on any atom is -0.508 e. The van der Waals surface area contributed by atoms with E-state index in [2.05, 4.69) is 0 Å². The Morgan fingerprint density at radius 1 is 0.895 bits per heavy atom. The van der Waals surface area contributed by atoms with Gasteiger partial charge in [-0.05, 0) is 26.0 Å². The number of carbonyl (C=O) groups excluding carboxylic acids is 1. The number of ether oxygens (including phenoxy) is 3. The van der Waals surface area contributed by atoms with Crippen molar-refractivity contribution in [2.75, 3.05) is 0 Å². The zero-order valence-electron chi connectivity index (χ0n) is 19.8. The van der Waals surface area contributed by atoms with Crippen LogP contribution < -0.4 is 9.47 Å². The molecule has 3 aromatic carbocycles. The van der Waals surface area contributed by atoms with Gasteiger partial charge in [0.2, 0.25) is 11.5 Å². The Kier molecular flexibility index (Phi) is 6.62. The maximum atomic E-state index is 15.1. The second-order valence-electron chi connectivity index (χ2n) is 8.73. The van der Waals surface area contributed by atoms with E-state index in [9.17, 15) is 44.9 Å². The summed E-state index contributed by atoms with van der Waals surface area (Å²) in [6, 6.07) is 4.05. The van der Waals surface area contributed by atoms with Gasteiger partial charge in [-0.25, -0.2) is 13.6 Å². The van der Waals surface area contributed by atoms with Crippen LogP contribution in [0, 0.1) is 11.6 Å². The summed E-state index contributed by atoms with van der Waals surface area (Å²) in [4.78, 5) is 13.0. The van der Waals surface area contributed by atoms with Gasteiger partial charge < -0.3 is 50.0 Å². The standard InChI is InChI=1S/C25H22F2O11/c1-8(2)36-24-19(27)17(18(26)21(33)22(24)34)25(35)38-16-7-11-12(29)5-10(28)6-15(11)37-23(16)9-3-13(30)20(32)14(31)4-9/h3-6,8,16,23,28-34H,7H2,1-2H3/t16?,23-/m1/s1. The number of phenols is 7. The summed E-state index contributed by atoms with van der Waals surface area (Å²) < 4.78 is 46.0. The minimum atomic E-state index is -1.83. The van der Waals surface area contributed by atoms with Gasteiger partial charge in [0.1, 0.15) is 28.9 Å². The number of halogens is 2. The van der Waals surface area contributed by atoms with E-state index in [1.807, 2.05) is 0 Å². The van der Waals surface area contributed by atoms with Crippen molar-refractivity contribution in [2.45, 2.75) is 38.6 Å². The van der Waals surface area contributed by atoms with E-state index in [0.29, 0.717) is 0 Å². The molecule has 202 valence electrons. The monoisotopic (exact) mass is 536 g/mol. The predicted molar refractivity (Wildman–Crippen MR) is 123 cm³/mol. The first-order valence-electron chi connectivity index (χ1n) is 11.1. The van der Waals surface area contributed by atoms with Crippen LogP contribution in [0.1, 0.15) is 41.4 Å². The fourth-order valence-electron chi connectivity index (χ4n) is 3.99. The van der Waals surface area contributed by atoms with E-state index in [-0.39, 0.29) is 29.0 Å². The Morgan fingerprint density at radius 3 is 2.13 bits per heavy atom. The number of phenolic OH excluding ortho intramolecular Hbond substituents is 7. The first-order valence-corrected chi connectivity index (χ1v) is 11.1. The van der Waals surface area contributed by atoms with Crippen molar-refractivity contribution < 1.29 is 63.5 Å². The quantitative estimate of drug-likeness (QED) is 0.187. The van der Waals surface area contributed by atoms with E-state index in [0.717, 1.165) is 24.3 Å². The van der Waals surface area contributed by atoms with E-state index >= 15 is 4.39 Å². The fraction of sp³-hybridized carbons (Fsp3) is 0.240. The molecule has 38 heavy (non-hydrogen) atoms. The highest BCUT2D eigenvalue weighted by Crippen LogP contribution is 2.47. The lowest BCUT2D eigenvalue weighted by molar-refractivity contribution is -0.0197. The smallest absolute Gasteiger partial charge is 0.344 e. The van der Waals surface area contributed by atoms with Crippen molar-refractivity contribution in [3.05, 3.63) is 52.6 Å². The molecule has 0 saturated heterocycles. The molecule has 0 spiro atoms. The molecule has 1 aliphatic heterocycles. The highest BCUT2D eigenvalue weighted by molar-refractivity contribution is 5.92. The molecule has 2 atom stereocenters. The molecule has 0 saturated carbocycles. The molecule has 1 unspecified atom stereocenters. The number of hydrogen-bond donors (Lipinski definition) is 7. The summed E-state index contributed by atoms with van der Waals surface area (Å²) in [5.41, 5.74) is -1.42. The SMILES string of the molecule is CC(C)Oc1c(O)c(O)c(F)c(C(=O)OC2Cc3c(O)cc(O)cc3O[C@@H]2c2cc(O)c(O)c(O)c2)c1F. The fourth-order valence-corrected chi connectivity index (χ4v) is 3.99. The van der Waals surface area contributed by atoms with Crippen molar-refractivity contribution in [1.82, 2.24) is 0 Å². The molecular formula is C25H22F2O11. The van der Waals surface area contributed by atoms with Crippen LogP contribution in [0.5, 0.6) is 51.7 Å². The highest BCUT2D eigenvalue weighted by Gasteiger charge is 2.39. The Bertz CT molecular complexity index is 1410. The Labute approximate surface area is 212 Å². The van der Waals surface area contributed by atoms with Crippen LogP contribution in [0.2, 0.25) is 0 Å². The third kappa shape index (κ3) is 4.53. The number of benzene rings is 3. The van der Waals surface area contributed by atoms with Gasteiger partial charge in [0.15, 0.2) is 40.7 Å². The van der Waals surface area contributed by atoms with Crippen LogP contribution >= 0.6 is 0 Å². The highest BCUT2D eigenvalue weighted by atomic mass is 19.1. The molecule has 0 fully saturated rings. The van der Waals surface area contributed by atoms with Gasteiger partial charge >= 0.3 is 5.97 Å². The molecule has 7 N–H and O–H groups in total. The molecule has 0 bridgehead atoms. The average molecular weight is 536 g/mol. The summed E-state index contributed by atoms with van der Waals surface area (Å²) >= 11 is 0. The lowest BCUT2D eigenvalue weighted by Crippen LogP contribution is -2.35. The van der Waals surface area contributed by atoms with Crippen molar-refractivity contribution >= 4 is 5.97 Å². The van der Waals surface area contributed by atoms with Crippen molar-refractivity contribution in [1.29, 1.82) is 0 Å². The summed E-state index contributed by atoms with van der Waals surface area (Å²) in [5.74, 6) is -12.2.